The number of carbonyl (C=O) groups is 1. The van der Waals surface area contributed by atoms with Gasteiger partial charge in [0.05, 0.1) is 23.9 Å². The third-order valence-corrected chi connectivity index (χ3v) is 5.32. The van der Waals surface area contributed by atoms with Crippen LogP contribution < -0.4 is 4.72 Å². The highest BCUT2D eigenvalue weighted by molar-refractivity contribution is 7.89. The van der Waals surface area contributed by atoms with Crippen LogP contribution in [-0.4, -0.2) is 43.7 Å². The molecule has 2 aromatic heterocycles. The van der Waals surface area contributed by atoms with Gasteiger partial charge in [0, 0.05) is 6.20 Å². The molecule has 2 heterocycles. The number of ether oxygens (including phenoxy) is 1. The highest BCUT2D eigenvalue weighted by Crippen LogP contribution is 2.22. The van der Waals surface area contributed by atoms with Gasteiger partial charge in [-0.3, -0.25) is 4.98 Å². The molecule has 0 amide bonds. The van der Waals surface area contributed by atoms with Crippen LogP contribution >= 0.6 is 11.3 Å². The Morgan fingerprint density at radius 2 is 2.29 bits per heavy atom. The van der Waals surface area contributed by atoms with Gasteiger partial charge in [0.1, 0.15) is 4.90 Å². The van der Waals surface area contributed by atoms with Gasteiger partial charge in [0.25, 0.3) is 0 Å². The number of aliphatic hydroxyl groups is 1. The molecule has 0 aliphatic heterocycles. The Labute approximate surface area is 125 Å². The Kier molecular flexibility index (Phi) is 4.28. The molecule has 21 heavy (non-hydrogen) atoms. The first-order valence-corrected chi connectivity index (χ1v) is 8.25. The van der Waals surface area contributed by atoms with E-state index in [2.05, 4.69) is 14.4 Å². The number of fused-ring (bicyclic) bond motifs is 1. The smallest absolute Gasteiger partial charge is 0.329 e. The average Bonchev–Trinajstić information content (AvgIpc) is 2.93. The summed E-state index contributed by atoms with van der Waals surface area (Å²) in [7, 11) is -2.91. The van der Waals surface area contributed by atoms with Gasteiger partial charge in [-0.2, -0.15) is 4.72 Å². The first-order valence-electron chi connectivity index (χ1n) is 5.89. The second kappa shape index (κ2) is 5.68. The molecule has 2 N–H and O–H groups in total. The van der Waals surface area contributed by atoms with Crippen LogP contribution in [0.3, 0.4) is 0 Å². The number of carbonyl (C=O) groups excluding carboxylic acids is 1. The van der Waals surface area contributed by atoms with E-state index in [1.165, 1.54) is 30.5 Å². The highest BCUT2D eigenvalue weighted by atomic mass is 32.2. The quantitative estimate of drug-likeness (QED) is 0.773. The summed E-state index contributed by atoms with van der Waals surface area (Å²) in [4.78, 5) is 15.6. The second-order valence-corrected chi connectivity index (χ2v) is 7.19. The predicted molar refractivity (Wildman–Crippen MR) is 77.4 cm³/mol. The molecule has 0 bridgehead atoms. The summed E-state index contributed by atoms with van der Waals surface area (Å²) in [6.07, 6.45) is 1.20. The lowest BCUT2D eigenvalue weighted by molar-refractivity contribution is -0.148. The Morgan fingerprint density at radius 3 is 2.90 bits per heavy atom. The molecule has 1 unspecified atom stereocenters. The van der Waals surface area contributed by atoms with E-state index in [0.29, 0.717) is 10.2 Å². The fourth-order valence-electron chi connectivity index (χ4n) is 1.69. The van der Waals surface area contributed by atoms with Crippen LogP contribution in [0.4, 0.5) is 0 Å². The van der Waals surface area contributed by atoms with Crippen molar-refractivity contribution in [3.63, 3.8) is 0 Å². The molecule has 114 valence electrons. The molecule has 0 radical (unpaired) electrons. The molecule has 0 aliphatic carbocycles. The van der Waals surface area contributed by atoms with Gasteiger partial charge >= 0.3 is 5.97 Å². The Hall–Kier alpha value is -1.55. The minimum atomic E-state index is -4.02. The number of aliphatic hydroxyl groups excluding tert-OH is 1. The first-order chi connectivity index (χ1) is 9.82. The molecule has 0 fully saturated rings. The molecule has 2 aromatic rings. The molecule has 1 atom stereocenters. The van der Waals surface area contributed by atoms with Crippen molar-refractivity contribution in [1.29, 1.82) is 0 Å². The number of hydrogen-bond acceptors (Lipinski definition) is 7. The van der Waals surface area contributed by atoms with E-state index in [1.54, 1.807) is 11.4 Å². The van der Waals surface area contributed by atoms with Crippen LogP contribution in [0.15, 0.2) is 28.6 Å². The van der Waals surface area contributed by atoms with Crippen LogP contribution in [0.5, 0.6) is 0 Å². The highest BCUT2D eigenvalue weighted by Gasteiger charge is 2.38. The molecule has 7 nitrogen and oxygen atoms in total. The van der Waals surface area contributed by atoms with Gasteiger partial charge < -0.3 is 9.84 Å². The molecular weight excluding hydrogens is 316 g/mol. The van der Waals surface area contributed by atoms with Crippen LogP contribution in [-0.2, 0) is 19.6 Å². The van der Waals surface area contributed by atoms with E-state index in [-0.39, 0.29) is 4.90 Å². The number of aromatic nitrogens is 1. The van der Waals surface area contributed by atoms with Crippen molar-refractivity contribution >= 4 is 37.5 Å². The average molecular weight is 330 g/mol. The minimum absolute atomic E-state index is 0.0824. The molecule has 0 saturated carbocycles. The van der Waals surface area contributed by atoms with Gasteiger partial charge in [-0.1, -0.05) is 0 Å². The second-order valence-electron chi connectivity index (χ2n) is 4.56. The van der Waals surface area contributed by atoms with Crippen LogP contribution in [0, 0.1) is 0 Å². The lowest BCUT2D eigenvalue weighted by Gasteiger charge is -2.25. The van der Waals surface area contributed by atoms with Gasteiger partial charge in [-0.15, -0.1) is 11.3 Å². The number of nitrogens with one attached hydrogen (secondary N) is 1. The molecule has 0 aliphatic rings. The van der Waals surface area contributed by atoms with Gasteiger partial charge in [0.15, 0.2) is 5.54 Å². The summed E-state index contributed by atoms with van der Waals surface area (Å²) in [6.45, 7) is 0.515. The van der Waals surface area contributed by atoms with Crippen LogP contribution in [0.1, 0.15) is 6.92 Å². The molecule has 9 heteroatoms. The lowest BCUT2D eigenvalue weighted by Crippen LogP contribution is -2.55. The summed E-state index contributed by atoms with van der Waals surface area (Å²) < 4.78 is 32.0. The number of thiophene rings is 1. The van der Waals surface area contributed by atoms with Crippen LogP contribution in [0.2, 0.25) is 0 Å². The summed E-state index contributed by atoms with van der Waals surface area (Å²) in [5, 5.41) is 11.1. The topological polar surface area (TPSA) is 106 Å². The van der Waals surface area contributed by atoms with Crippen LogP contribution in [0.25, 0.3) is 10.2 Å². The van der Waals surface area contributed by atoms with Crippen molar-refractivity contribution in [2.45, 2.75) is 17.4 Å². The van der Waals surface area contributed by atoms with E-state index >= 15 is 0 Å². The van der Waals surface area contributed by atoms with Crippen molar-refractivity contribution in [1.82, 2.24) is 9.71 Å². The van der Waals surface area contributed by atoms with Gasteiger partial charge in [0.2, 0.25) is 10.0 Å². The summed E-state index contributed by atoms with van der Waals surface area (Å²) in [6, 6.07) is 3.24. The third-order valence-electron chi connectivity index (χ3n) is 2.90. The zero-order valence-corrected chi connectivity index (χ0v) is 13.0. The number of esters is 1. The third kappa shape index (κ3) is 3.05. The summed E-state index contributed by atoms with van der Waals surface area (Å²) in [5.74, 6) is -0.876. The van der Waals surface area contributed by atoms with Gasteiger partial charge in [-0.25, -0.2) is 13.2 Å². The molecule has 0 aromatic carbocycles. The van der Waals surface area contributed by atoms with E-state index in [1.807, 2.05) is 0 Å². The summed E-state index contributed by atoms with van der Waals surface area (Å²) in [5.41, 5.74) is -1.06. The van der Waals surface area contributed by atoms with Gasteiger partial charge in [-0.05, 0) is 24.4 Å². The number of rotatable bonds is 5. The zero-order valence-electron chi connectivity index (χ0n) is 11.4. The molecule has 2 rings (SSSR count). The van der Waals surface area contributed by atoms with E-state index < -0.39 is 28.1 Å². The van der Waals surface area contributed by atoms with Crippen molar-refractivity contribution in [2.24, 2.45) is 0 Å². The molecular formula is C12H14N2O5S2. The maximum absolute atomic E-state index is 12.3. The first kappa shape index (κ1) is 15.8. The normalized spacial score (nSPS) is 14.8. The van der Waals surface area contributed by atoms with Crippen molar-refractivity contribution in [3.8, 4) is 0 Å². The maximum Gasteiger partial charge on any atom is 0.329 e. The Balaban J connectivity index is 2.39. The standard InChI is InChI=1S/C12H14N2O5S2/c1-12(7-15,11(16)19-2)14-21(17,18)8-5-10-9(13-6-8)3-4-20-10/h3-6,14-15H,7H2,1-2H3. The van der Waals surface area contributed by atoms with E-state index in [9.17, 15) is 18.3 Å². The largest absolute Gasteiger partial charge is 0.468 e. The van der Waals surface area contributed by atoms with Crippen molar-refractivity contribution < 1.29 is 23.1 Å². The Morgan fingerprint density at radius 1 is 1.57 bits per heavy atom. The Bertz CT molecular complexity index is 771. The zero-order chi connectivity index (χ0) is 15.7. The molecule has 0 spiro atoms. The number of sulfonamides is 1. The number of nitrogens with zero attached hydrogens (tertiary/aromatic N) is 1. The number of pyridine rings is 1. The van der Waals surface area contributed by atoms with E-state index in [0.717, 1.165) is 7.11 Å². The van der Waals surface area contributed by atoms with Crippen molar-refractivity contribution in [3.05, 3.63) is 23.7 Å². The monoisotopic (exact) mass is 330 g/mol. The SMILES string of the molecule is COC(=O)C(C)(CO)NS(=O)(=O)c1cnc2ccsc2c1. The fraction of sp³-hybridized carbons (Fsp3) is 0.333. The minimum Gasteiger partial charge on any atom is -0.468 e. The van der Waals surface area contributed by atoms with E-state index in [4.69, 9.17) is 0 Å². The number of hydrogen-bond donors (Lipinski definition) is 2. The molecule has 0 saturated heterocycles. The lowest BCUT2D eigenvalue weighted by atomic mass is 10.1. The summed E-state index contributed by atoms with van der Waals surface area (Å²) >= 11 is 1.36. The van der Waals surface area contributed by atoms with Crippen molar-refractivity contribution in [2.75, 3.05) is 13.7 Å². The predicted octanol–water partition coefficient (Wildman–Crippen LogP) is 0.499. The number of methoxy groups -OCH3 is 1. The maximum atomic E-state index is 12.3. The fourth-order valence-corrected chi connectivity index (χ4v) is 3.87.